The summed E-state index contributed by atoms with van der Waals surface area (Å²) in [5.41, 5.74) is 8.81. The van der Waals surface area contributed by atoms with E-state index in [1.165, 1.54) is 0 Å². The quantitative estimate of drug-likeness (QED) is 0.580. The van der Waals surface area contributed by atoms with Crippen LogP contribution in [0.1, 0.15) is 16.7 Å². The highest BCUT2D eigenvalue weighted by molar-refractivity contribution is 5.52. The minimum Gasteiger partial charge on any atom is -0.496 e. The van der Waals surface area contributed by atoms with Crippen LogP contribution in [-0.2, 0) is 6.42 Å². The van der Waals surface area contributed by atoms with Crippen LogP contribution in [0.2, 0.25) is 0 Å². The van der Waals surface area contributed by atoms with Crippen molar-refractivity contribution in [2.45, 2.75) is 20.3 Å². The van der Waals surface area contributed by atoms with Crippen LogP contribution < -0.4 is 20.5 Å². The molecule has 0 saturated heterocycles. The molecule has 0 aromatic heterocycles. The van der Waals surface area contributed by atoms with Gasteiger partial charge in [0, 0.05) is 13.2 Å². The Morgan fingerprint density at radius 3 is 2.41 bits per heavy atom. The summed E-state index contributed by atoms with van der Waals surface area (Å²) < 4.78 is 10.8. The van der Waals surface area contributed by atoms with Crippen LogP contribution >= 0.6 is 0 Å². The molecular weight excluding hydrogens is 216 g/mol. The molecule has 4 heteroatoms. The van der Waals surface area contributed by atoms with Gasteiger partial charge in [0.1, 0.15) is 11.5 Å². The molecule has 0 atom stereocenters. The van der Waals surface area contributed by atoms with E-state index in [1.807, 2.05) is 13.0 Å². The average molecular weight is 238 g/mol. The molecule has 17 heavy (non-hydrogen) atoms. The number of benzene rings is 1. The maximum Gasteiger partial charge on any atom is 0.125 e. The first kappa shape index (κ1) is 13.8. The maximum absolute atomic E-state index is 5.47. The predicted octanol–water partition coefficient (Wildman–Crippen LogP) is 1.37. The van der Waals surface area contributed by atoms with Gasteiger partial charge in [-0.15, -0.1) is 0 Å². The van der Waals surface area contributed by atoms with Crippen LogP contribution in [0, 0.1) is 13.8 Å². The zero-order valence-electron chi connectivity index (χ0n) is 11.1. The fourth-order valence-corrected chi connectivity index (χ4v) is 1.94. The fourth-order valence-electron chi connectivity index (χ4n) is 1.94. The van der Waals surface area contributed by atoms with Gasteiger partial charge in [-0.3, -0.25) is 0 Å². The summed E-state index contributed by atoms with van der Waals surface area (Å²) in [4.78, 5) is 0. The van der Waals surface area contributed by atoms with Crippen molar-refractivity contribution in [3.05, 3.63) is 22.8 Å². The van der Waals surface area contributed by atoms with Crippen molar-refractivity contribution in [1.82, 2.24) is 5.32 Å². The minimum absolute atomic E-state index is 0.490. The molecule has 4 nitrogen and oxygen atoms in total. The van der Waals surface area contributed by atoms with Gasteiger partial charge in [0.2, 0.25) is 0 Å². The second-order valence-electron chi connectivity index (χ2n) is 3.98. The summed E-state index contributed by atoms with van der Waals surface area (Å²) in [5.74, 6) is 1.85. The van der Waals surface area contributed by atoms with E-state index in [1.54, 1.807) is 14.2 Å². The largest absolute Gasteiger partial charge is 0.496 e. The number of methoxy groups -OCH3 is 2. The monoisotopic (exact) mass is 238 g/mol. The van der Waals surface area contributed by atoms with Crippen molar-refractivity contribution in [1.29, 1.82) is 0 Å². The van der Waals surface area contributed by atoms with Gasteiger partial charge in [0.15, 0.2) is 0 Å². The molecule has 1 rings (SSSR count). The highest BCUT2D eigenvalue weighted by Gasteiger charge is 2.13. The van der Waals surface area contributed by atoms with Crippen molar-refractivity contribution in [2.24, 2.45) is 5.73 Å². The number of nitrogens with one attached hydrogen (secondary N) is 1. The van der Waals surface area contributed by atoms with Crippen molar-refractivity contribution in [2.75, 3.05) is 27.4 Å². The third kappa shape index (κ3) is 3.11. The van der Waals surface area contributed by atoms with Gasteiger partial charge in [-0.05, 0) is 43.0 Å². The number of rotatable bonds is 6. The molecule has 1 aromatic carbocycles. The standard InChI is InChI=1S/C13H22N2O2/c1-9-10(2)13(17-4)11(5-6-15-8-14)7-12(9)16-3/h7,15H,5-6,8,14H2,1-4H3. The van der Waals surface area contributed by atoms with Gasteiger partial charge >= 0.3 is 0 Å². The molecule has 3 N–H and O–H groups in total. The first-order chi connectivity index (χ1) is 8.15. The van der Waals surface area contributed by atoms with Gasteiger partial charge in [-0.1, -0.05) is 0 Å². The van der Waals surface area contributed by atoms with E-state index in [2.05, 4.69) is 12.2 Å². The predicted molar refractivity (Wildman–Crippen MR) is 69.8 cm³/mol. The zero-order chi connectivity index (χ0) is 12.8. The SMILES string of the molecule is COc1cc(CCNCN)c(OC)c(C)c1C. The second-order valence-corrected chi connectivity index (χ2v) is 3.98. The van der Waals surface area contributed by atoms with E-state index >= 15 is 0 Å². The summed E-state index contributed by atoms with van der Waals surface area (Å²) in [6, 6.07) is 2.04. The van der Waals surface area contributed by atoms with Crippen LogP contribution in [0.15, 0.2) is 6.07 Å². The molecule has 0 saturated carbocycles. The van der Waals surface area contributed by atoms with Gasteiger partial charge in [0.05, 0.1) is 14.2 Å². The van der Waals surface area contributed by atoms with Gasteiger partial charge in [0.25, 0.3) is 0 Å². The Morgan fingerprint density at radius 1 is 1.18 bits per heavy atom. The topological polar surface area (TPSA) is 56.5 Å². The molecule has 0 aliphatic heterocycles. The van der Waals surface area contributed by atoms with Crippen molar-refractivity contribution in [3.63, 3.8) is 0 Å². The summed E-state index contributed by atoms with van der Waals surface area (Å²) in [5, 5.41) is 3.10. The van der Waals surface area contributed by atoms with Crippen molar-refractivity contribution in [3.8, 4) is 11.5 Å². The Kier molecular flexibility index (Phi) is 5.25. The molecule has 0 bridgehead atoms. The van der Waals surface area contributed by atoms with E-state index in [9.17, 15) is 0 Å². The van der Waals surface area contributed by atoms with Crippen molar-refractivity contribution < 1.29 is 9.47 Å². The van der Waals surface area contributed by atoms with Crippen molar-refractivity contribution >= 4 is 0 Å². The maximum atomic E-state index is 5.47. The number of hydrogen-bond donors (Lipinski definition) is 2. The molecule has 0 radical (unpaired) electrons. The third-order valence-corrected chi connectivity index (χ3v) is 3.01. The molecule has 0 aliphatic rings. The third-order valence-electron chi connectivity index (χ3n) is 3.01. The first-order valence-corrected chi connectivity index (χ1v) is 5.77. The number of ether oxygens (including phenoxy) is 2. The van der Waals surface area contributed by atoms with Crippen LogP contribution in [0.5, 0.6) is 11.5 Å². The zero-order valence-corrected chi connectivity index (χ0v) is 11.1. The smallest absolute Gasteiger partial charge is 0.125 e. The molecule has 0 amide bonds. The van der Waals surface area contributed by atoms with E-state index in [0.29, 0.717) is 6.67 Å². The van der Waals surface area contributed by atoms with E-state index < -0.39 is 0 Å². The molecule has 0 unspecified atom stereocenters. The lowest BCUT2D eigenvalue weighted by atomic mass is 10.0. The Bertz CT molecular complexity index is 378. The van der Waals surface area contributed by atoms with Crippen LogP contribution in [0.4, 0.5) is 0 Å². The molecule has 1 aromatic rings. The lowest BCUT2D eigenvalue weighted by Crippen LogP contribution is -2.24. The molecule has 0 spiro atoms. The lowest BCUT2D eigenvalue weighted by Gasteiger charge is -2.16. The van der Waals surface area contributed by atoms with Crippen LogP contribution in [0.3, 0.4) is 0 Å². The first-order valence-electron chi connectivity index (χ1n) is 5.77. The molecule has 0 heterocycles. The molecule has 0 fully saturated rings. The molecule has 96 valence electrons. The summed E-state index contributed by atoms with van der Waals surface area (Å²) in [6.07, 6.45) is 0.873. The lowest BCUT2D eigenvalue weighted by molar-refractivity contribution is 0.393. The average Bonchev–Trinajstić information content (AvgIpc) is 2.34. The fraction of sp³-hybridized carbons (Fsp3) is 0.538. The van der Waals surface area contributed by atoms with Gasteiger partial charge in [-0.25, -0.2) is 0 Å². The van der Waals surface area contributed by atoms with E-state index in [4.69, 9.17) is 15.2 Å². The number of hydrogen-bond acceptors (Lipinski definition) is 4. The van der Waals surface area contributed by atoms with E-state index in [0.717, 1.165) is 41.2 Å². The Morgan fingerprint density at radius 2 is 1.88 bits per heavy atom. The van der Waals surface area contributed by atoms with Gasteiger partial charge in [-0.2, -0.15) is 0 Å². The Hall–Kier alpha value is -1.26. The summed E-state index contributed by atoms with van der Waals surface area (Å²) >= 11 is 0. The highest BCUT2D eigenvalue weighted by Crippen LogP contribution is 2.33. The Labute approximate surface area is 103 Å². The normalized spacial score (nSPS) is 10.4. The summed E-state index contributed by atoms with van der Waals surface area (Å²) in [6.45, 7) is 5.41. The Balaban J connectivity index is 3.04. The van der Waals surface area contributed by atoms with E-state index in [-0.39, 0.29) is 0 Å². The highest BCUT2D eigenvalue weighted by atomic mass is 16.5. The van der Waals surface area contributed by atoms with Crippen LogP contribution in [0.25, 0.3) is 0 Å². The minimum atomic E-state index is 0.490. The number of nitrogens with two attached hydrogens (primary N) is 1. The summed E-state index contributed by atoms with van der Waals surface area (Å²) in [7, 11) is 3.39. The van der Waals surface area contributed by atoms with Crippen LogP contribution in [-0.4, -0.2) is 27.4 Å². The van der Waals surface area contributed by atoms with Gasteiger partial charge < -0.3 is 20.5 Å². The second kappa shape index (κ2) is 6.47. The molecular formula is C13H22N2O2. The molecule has 0 aliphatic carbocycles.